The first-order valence-corrected chi connectivity index (χ1v) is 10.7. The molecule has 1 saturated carbocycles. The van der Waals surface area contributed by atoms with E-state index in [1.54, 1.807) is 6.20 Å². The fourth-order valence-corrected chi connectivity index (χ4v) is 5.55. The van der Waals surface area contributed by atoms with Gasteiger partial charge >= 0.3 is 0 Å². The van der Waals surface area contributed by atoms with E-state index in [0.29, 0.717) is 11.5 Å². The van der Waals surface area contributed by atoms with Gasteiger partial charge in [-0.25, -0.2) is 0 Å². The molecule has 1 N–H and O–H groups in total. The van der Waals surface area contributed by atoms with Crippen LogP contribution >= 0.6 is 0 Å². The smallest absolute Gasteiger partial charge is 0.255 e. The van der Waals surface area contributed by atoms with Crippen LogP contribution in [0.1, 0.15) is 66.2 Å². The molecule has 0 bridgehead atoms. The lowest BCUT2D eigenvalue weighted by Gasteiger charge is -2.46. The van der Waals surface area contributed by atoms with Crippen LogP contribution in [0, 0.1) is 12.8 Å². The summed E-state index contributed by atoms with van der Waals surface area (Å²) in [5, 5.41) is 3.01. The third-order valence-electron chi connectivity index (χ3n) is 7.43. The van der Waals surface area contributed by atoms with Gasteiger partial charge < -0.3 is 10.1 Å². The zero-order valence-electron chi connectivity index (χ0n) is 17.2. The number of hydrogen-bond donors (Lipinski definition) is 1. The van der Waals surface area contributed by atoms with Gasteiger partial charge in [0.1, 0.15) is 0 Å². The molecule has 3 atom stereocenters. The van der Waals surface area contributed by atoms with Crippen LogP contribution < -0.4 is 5.32 Å². The number of nitrogens with one attached hydrogen (secondary N) is 1. The number of fused-ring (bicyclic) bond motifs is 3. The van der Waals surface area contributed by atoms with Crippen LogP contribution in [0.4, 0.5) is 5.69 Å². The van der Waals surface area contributed by atoms with Crippen LogP contribution in [0.25, 0.3) is 6.08 Å². The summed E-state index contributed by atoms with van der Waals surface area (Å²) in [7, 11) is 0. The summed E-state index contributed by atoms with van der Waals surface area (Å²) in [6.07, 6.45) is 12.0. The molecule has 150 valence electrons. The average Bonchev–Trinajstić information content (AvgIpc) is 3.51. The number of pyridine rings is 1. The molecule has 2 aromatic rings. The quantitative estimate of drug-likeness (QED) is 0.728. The van der Waals surface area contributed by atoms with E-state index in [0.717, 1.165) is 43.7 Å². The van der Waals surface area contributed by atoms with E-state index < -0.39 is 0 Å². The van der Waals surface area contributed by atoms with Crippen LogP contribution in [0.15, 0.2) is 42.6 Å². The molecular weight excluding hydrogens is 360 g/mol. The van der Waals surface area contributed by atoms with Crippen molar-refractivity contribution in [3.8, 4) is 0 Å². The standard InChI is InChI=1S/C25H28N2O2/c1-3-25-12-11-24(16-29-24)15-20(25)7-4-6-18-14-19(9-10-21(18)25)23(28)27-22-8-5-13-26-17(22)2/h4-6,8-10,13-14,20H,3,7,11-12,15-16H2,1-2H3,(H,27,28). The first-order valence-electron chi connectivity index (χ1n) is 10.7. The first kappa shape index (κ1) is 18.6. The Labute approximate surface area is 172 Å². The fourth-order valence-electron chi connectivity index (χ4n) is 5.55. The average molecular weight is 389 g/mol. The van der Waals surface area contributed by atoms with Gasteiger partial charge in [-0.05, 0) is 85.8 Å². The van der Waals surface area contributed by atoms with Gasteiger partial charge in [0.2, 0.25) is 0 Å². The maximum atomic E-state index is 12.9. The lowest BCUT2D eigenvalue weighted by molar-refractivity contribution is 0.102. The number of rotatable bonds is 3. The third kappa shape index (κ3) is 3.10. The number of benzene rings is 1. The molecule has 1 aromatic carbocycles. The Morgan fingerprint density at radius 2 is 2.17 bits per heavy atom. The van der Waals surface area contributed by atoms with E-state index in [1.807, 2.05) is 25.1 Å². The van der Waals surface area contributed by atoms with Crippen LogP contribution in [0.5, 0.6) is 0 Å². The summed E-state index contributed by atoms with van der Waals surface area (Å²) in [6, 6.07) is 9.99. The van der Waals surface area contributed by atoms with Crippen molar-refractivity contribution in [3.05, 3.63) is 65.0 Å². The highest BCUT2D eigenvalue weighted by molar-refractivity contribution is 6.05. The summed E-state index contributed by atoms with van der Waals surface area (Å²) in [5.74, 6) is 0.525. The molecule has 1 spiro atoms. The van der Waals surface area contributed by atoms with E-state index >= 15 is 0 Å². The minimum atomic E-state index is -0.0855. The van der Waals surface area contributed by atoms with Gasteiger partial charge in [-0.3, -0.25) is 9.78 Å². The monoisotopic (exact) mass is 388 g/mol. The largest absolute Gasteiger partial charge is 0.370 e. The predicted octanol–water partition coefficient (Wildman–Crippen LogP) is 5.28. The van der Waals surface area contributed by atoms with Crippen molar-refractivity contribution in [1.29, 1.82) is 0 Å². The second kappa shape index (κ2) is 6.81. The van der Waals surface area contributed by atoms with E-state index in [-0.39, 0.29) is 16.9 Å². The minimum absolute atomic E-state index is 0.0855. The van der Waals surface area contributed by atoms with Crippen molar-refractivity contribution in [2.45, 2.75) is 57.0 Å². The van der Waals surface area contributed by atoms with Gasteiger partial charge in [0.15, 0.2) is 0 Å². The number of carbonyl (C=O) groups excluding carboxylic acids is 1. The van der Waals surface area contributed by atoms with Crippen molar-refractivity contribution in [2.75, 3.05) is 11.9 Å². The van der Waals surface area contributed by atoms with Crippen LogP contribution in [-0.4, -0.2) is 23.1 Å². The third-order valence-corrected chi connectivity index (χ3v) is 7.43. The highest BCUT2D eigenvalue weighted by Gasteiger charge is 2.55. The number of aromatic nitrogens is 1. The molecule has 1 aromatic heterocycles. The SMILES string of the molecule is CCC12CCC3(CO3)CC1CC=Cc1cc(C(=O)Nc3cccnc3C)ccc12. The lowest BCUT2D eigenvalue weighted by atomic mass is 9.58. The number of ether oxygens (including phenoxy) is 1. The molecule has 2 heterocycles. The Balaban J connectivity index is 1.47. The zero-order valence-corrected chi connectivity index (χ0v) is 17.2. The molecular formula is C25H28N2O2. The molecule has 1 saturated heterocycles. The lowest BCUT2D eigenvalue weighted by Crippen LogP contribution is -2.43. The molecule has 1 amide bonds. The maximum absolute atomic E-state index is 12.9. The van der Waals surface area contributed by atoms with Crippen LogP contribution in [-0.2, 0) is 10.2 Å². The summed E-state index contributed by atoms with van der Waals surface area (Å²) in [6.45, 7) is 5.16. The number of epoxide rings is 1. The minimum Gasteiger partial charge on any atom is -0.370 e. The molecule has 29 heavy (non-hydrogen) atoms. The predicted molar refractivity (Wildman–Crippen MR) is 115 cm³/mol. The van der Waals surface area contributed by atoms with E-state index in [2.05, 4.69) is 41.5 Å². The first-order chi connectivity index (χ1) is 14.1. The molecule has 5 rings (SSSR count). The second-order valence-corrected chi connectivity index (χ2v) is 8.91. The molecule has 2 aliphatic carbocycles. The molecule has 2 fully saturated rings. The zero-order chi connectivity index (χ0) is 20.1. The summed E-state index contributed by atoms with van der Waals surface area (Å²) in [5.41, 5.74) is 5.23. The Kier molecular flexibility index (Phi) is 4.36. The number of amides is 1. The Bertz CT molecular complexity index is 992. The fraction of sp³-hybridized carbons (Fsp3) is 0.440. The topological polar surface area (TPSA) is 54.5 Å². The molecule has 4 nitrogen and oxygen atoms in total. The number of aryl methyl sites for hydroxylation is 1. The Hall–Kier alpha value is -2.46. The maximum Gasteiger partial charge on any atom is 0.255 e. The second-order valence-electron chi connectivity index (χ2n) is 8.91. The summed E-state index contributed by atoms with van der Waals surface area (Å²) in [4.78, 5) is 17.1. The summed E-state index contributed by atoms with van der Waals surface area (Å²) < 4.78 is 5.84. The van der Waals surface area contributed by atoms with Gasteiger partial charge in [0.25, 0.3) is 5.91 Å². The Morgan fingerprint density at radius 3 is 2.93 bits per heavy atom. The van der Waals surface area contributed by atoms with E-state index in [1.165, 1.54) is 17.5 Å². The van der Waals surface area contributed by atoms with Crippen molar-refractivity contribution < 1.29 is 9.53 Å². The number of hydrogen-bond acceptors (Lipinski definition) is 3. The molecule has 4 heteroatoms. The van der Waals surface area contributed by atoms with Gasteiger partial charge in [0.05, 0.1) is 23.6 Å². The van der Waals surface area contributed by atoms with E-state index in [9.17, 15) is 4.79 Å². The molecule has 3 unspecified atom stereocenters. The van der Waals surface area contributed by atoms with Gasteiger partial charge in [0, 0.05) is 11.8 Å². The summed E-state index contributed by atoms with van der Waals surface area (Å²) >= 11 is 0. The molecule has 1 aliphatic heterocycles. The van der Waals surface area contributed by atoms with E-state index in [4.69, 9.17) is 4.74 Å². The highest BCUT2D eigenvalue weighted by atomic mass is 16.6. The Morgan fingerprint density at radius 1 is 1.31 bits per heavy atom. The number of nitrogens with zero attached hydrogens (tertiary/aromatic N) is 1. The number of anilines is 1. The van der Waals surface area contributed by atoms with Gasteiger partial charge in [-0.2, -0.15) is 0 Å². The van der Waals surface area contributed by atoms with Crippen molar-refractivity contribution in [3.63, 3.8) is 0 Å². The highest BCUT2D eigenvalue weighted by Crippen LogP contribution is 2.57. The van der Waals surface area contributed by atoms with Crippen LogP contribution in [0.2, 0.25) is 0 Å². The normalized spacial score (nSPS) is 29.7. The van der Waals surface area contributed by atoms with Crippen LogP contribution in [0.3, 0.4) is 0 Å². The van der Waals surface area contributed by atoms with Gasteiger partial charge in [-0.1, -0.05) is 25.1 Å². The van der Waals surface area contributed by atoms with Gasteiger partial charge in [-0.15, -0.1) is 0 Å². The van der Waals surface area contributed by atoms with Crippen molar-refractivity contribution in [2.24, 2.45) is 5.92 Å². The number of carbonyl (C=O) groups is 1. The van der Waals surface area contributed by atoms with Crippen molar-refractivity contribution >= 4 is 17.7 Å². The molecule has 0 radical (unpaired) electrons. The van der Waals surface area contributed by atoms with Crippen molar-refractivity contribution in [1.82, 2.24) is 4.98 Å². The molecule has 3 aliphatic rings. The number of allylic oxidation sites excluding steroid dienone is 1.